The van der Waals surface area contributed by atoms with E-state index in [1.165, 1.54) is 23.5 Å². The van der Waals surface area contributed by atoms with Gasteiger partial charge in [0.25, 0.3) is 0 Å². The minimum Gasteiger partial charge on any atom is -0.493 e. The lowest BCUT2D eigenvalue weighted by molar-refractivity contribution is 0.394. The van der Waals surface area contributed by atoms with Gasteiger partial charge in [-0.1, -0.05) is 18.2 Å². The van der Waals surface area contributed by atoms with E-state index >= 15 is 0 Å². The van der Waals surface area contributed by atoms with E-state index in [9.17, 15) is 0 Å². The summed E-state index contributed by atoms with van der Waals surface area (Å²) >= 11 is 2.01. The molecule has 2 unspecified atom stereocenters. The van der Waals surface area contributed by atoms with Crippen LogP contribution in [0.15, 0.2) is 47.5 Å². The van der Waals surface area contributed by atoms with Gasteiger partial charge in [0, 0.05) is 42.5 Å². The van der Waals surface area contributed by atoms with E-state index in [1.807, 2.05) is 30.1 Å². The number of thioether (sulfide) groups is 1. The molecule has 1 saturated heterocycles. The Balaban J connectivity index is 1.38. The van der Waals surface area contributed by atoms with E-state index in [0.717, 1.165) is 31.2 Å². The van der Waals surface area contributed by atoms with E-state index in [0.29, 0.717) is 12.0 Å². The zero-order valence-electron chi connectivity index (χ0n) is 14.6. The summed E-state index contributed by atoms with van der Waals surface area (Å²) in [6.07, 6.45) is 4.29. The summed E-state index contributed by atoms with van der Waals surface area (Å²) in [4.78, 5) is 8.38. The Morgan fingerprint density at radius 2 is 2.16 bits per heavy atom. The first-order chi connectivity index (χ1) is 12.3. The summed E-state index contributed by atoms with van der Waals surface area (Å²) in [5, 5.41) is 3.69. The van der Waals surface area contributed by atoms with Gasteiger partial charge in [-0.05, 0) is 42.5 Å². The Kier molecular flexibility index (Phi) is 5.13. The van der Waals surface area contributed by atoms with E-state index < -0.39 is 0 Å². The van der Waals surface area contributed by atoms with Crippen molar-refractivity contribution in [2.45, 2.75) is 29.7 Å². The molecule has 2 aromatic rings. The fraction of sp³-hybridized carbons (Fsp3) is 0.450. The minimum absolute atomic E-state index is 0.512. The maximum absolute atomic E-state index is 5.49. The lowest BCUT2D eigenvalue weighted by Gasteiger charge is -2.35. The molecular formula is C20H25N3OS. The van der Waals surface area contributed by atoms with Gasteiger partial charge in [0.05, 0.1) is 7.11 Å². The van der Waals surface area contributed by atoms with Gasteiger partial charge in [0.1, 0.15) is 0 Å². The Morgan fingerprint density at radius 1 is 1.24 bits per heavy atom. The van der Waals surface area contributed by atoms with Gasteiger partial charge in [-0.2, -0.15) is 0 Å². The van der Waals surface area contributed by atoms with Crippen molar-refractivity contribution in [2.24, 2.45) is 0 Å². The number of benzene rings is 1. The first kappa shape index (κ1) is 16.7. The van der Waals surface area contributed by atoms with E-state index in [-0.39, 0.29) is 0 Å². The molecule has 25 heavy (non-hydrogen) atoms. The number of hydrogen-bond acceptors (Lipinski definition) is 5. The topological polar surface area (TPSA) is 37.4 Å². The van der Waals surface area contributed by atoms with Crippen LogP contribution < -0.4 is 15.0 Å². The first-order valence-electron chi connectivity index (χ1n) is 9.04. The van der Waals surface area contributed by atoms with Crippen LogP contribution in [0.3, 0.4) is 0 Å². The molecule has 3 heterocycles. The fourth-order valence-electron chi connectivity index (χ4n) is 3.86. The molecule has 2 atom stereocenters. The molecule has 0 radical (unpaired) electrons. The SMILES string of the molecule is COc1cccnc1N1CCNC(CCC2CSc3ccccc32)C1. The third kappa shape index (κ3) is 3.62. The van der Waals surface area contributed by atoms with Crippen LogP contribution in [-0.4, -0.2) is 43.5 Å². The van der Waals surface area contributed by atoms with Crippen molar-refractivity contribution in [3.05, 3.63) is 48.2 Å². The number of fused-ring (bicyclic) bond motifs is 1. The van der Waals surface area contributed by atoms with Crippen molar-refractivity contribution in [3.63, 3.8) is 0 Å². The molecule has 2 aliphatic rings. The Morgan fingerprint density at radius 3 is 3.08 bits per heavy atom. The van der Waals surface area contributed by atoms with Crippen LogP contribution in [0, 0.1) is 0 Å². The van der Waals surface area contributed by atoms with Crippen LogP contribution >= 0.6 is 11.8 Å². The number of piperazine rings is 1. The summed E-state index contributed by atoms with van der Waals surface area (Å²) in [6.45, 7) is 2.97. The van der Waals surface area contributed by atoms with Crippen molar-refractivity contribution in [1.29, 1.82) is 0 Å². The zero-order valence-corrected chi connectivity index (χ0v) is 15.5. The molecule has 0 spiro atoms. The Bertz CT molecular complexity index is 724. The molecule has 1 N–H and O–H groups in total. The smallest absolute Gasteiger partial charge is 0.171 e. The van der Waals surface area contributed by atoms with Crippen LogP contribution in [0.4, 0.5) is 5.82 Å². The van der Waals surface area contributed by atoms with Crippen LogP contribution in [-0.2, 0) is 0 Å². The molecule has 2 aliphatic heterocycles. The molecule has 5 heteroatoms. The summed E-state index contributed by atoms with van der Waals surface area (Å²) < 4.78 is 5.49. The second-order valence-electron chi connectivity index (χ2n) is 6.75. The lowest BCUT2D eigenvalue weighted by atomic mass is 9.93. The molecule has 132 valence electrons. The number of ether oxygens (including phenoxy) is 1. The highest BCUT2D eigenvalue weighted by Crippen LogP contribution is 2.41. The van der Waals surface area contributed by atoms with Gasteiger partial charge in [0.15, 0.2) is 11.6 Å². The first-order valence-corrected chi connectivity index (χ1v) is 10.0. The second-order valence-corrected chi connectivity index (χ2v) is 7.81. The molecule has 0 aliphatic carbocycles. The predicted molar refractivity (Wildman–Crippen MR) is 104 cm³/mol. The Hall–Kier alpha value is -1.72. The van der Waals surface area contributed by atoms with Crippen molar-refractivity contribution >= 4 is 17.6 Å². The number of anilines is 1. The molecule has 0 bridgehead atoms. The fourth-order valence-corrected chi connectivity index (χ4v) is 5.16. The van der Waals surface area contributed by atoms with Gasteiger partial charge in [0.2, 0.25) is 0 Å². The third-order valence-corrected chi connectivity index (χ3v) is 6.44. The quantitative estimate of drug-likeness (QED) is 0.888. The summed E-state index contributed by atoms with van der Waals surface area (Å²) in [5.74, 6) is 3.76. The normalized spacial score (nSPS) is 22.7. The van der Waals surface area contributed by atoms with Crippen LogP contribution in [0.5, 0.6) is 5.75 Å². The average Bonchev–Trinajstić information content (AvgIpc) is 3.10. The number of nitrogens with zero attached hydrogens (tertiary/aromatic N) is 2. The zero-order chi connectivity index (χ0) is 17.1. The van der Waals surface area contributed by atoms with Gasteiger partial charge in [-0.3, -0.25) is 0 Å². The van der Waals surface area contributed by atoms with Gasteiger partial charge < -0.3 is 15.0 Å². The summed E-state index contributed by atoms with van der Waals surface area (Å²) in [7, 11) is 1.72. The number of aromatic nitrogens is 1. The highest BCUT2D eigenvalue weighted by molar-refractivity contribution is 7.99. The van der Waals surface area contributed by atoms with Crippen LogP contribution in [0.25, 0.3) is 0 Å². The number of hydrogen-bond donors (Lipinski definition) is 1. The van der Waals surface area contributed by atoms with E-state index in [1.54, 1.807) is 12.7 Å². The van der Waals surface area contributed by atoms with Crippen molar-refractivity contribution in [3.8, 4) is 5.75 Å². The van der Waals surface area contributed by atoms with E-state index in [2.05, 4.69) is 39.5 Å². The van der Waals surface area contributed by atoms with Gasteiger partial charge >= 0.3 is 0 Å². The highest BCUT2D eigenvalue weighted by atomic mass is 32.2. The molecule has 1 fully saturated rings. The lowest BCUT2D eigenvalue weighted by Crippen LogP contribution is -2.51. The molecule has 1 aromatic heterocycles. The number of pyridine rings is 1. The Labute approximate surface area is 154 Å². The molecule has 1 aromatic carbocycles. The van der Waals surface area contributed by atoms with Crippen molar-refractivity contribution in [1.82, 2.24) is 10.3 Å². The van der Waals surface area contributed by atoms with Crippen LogP contribution in [0.2, 0.25) is 0 Å². The number of methoxy groups -OCH3 is 1. The maximum Gasteiger partial charge on any atom is 0.171 e. The standard InChI is InChI=1S/C20H25N3OS/c1-24-18-6-4-10-22-20(18)23-12-11-21-16(13-23)9-8-15-14-25-19-7-3-2-5-17(15)19/h2-7,10,15-16,21H,8-9,11-14H2,1H3. The highest BCUT2D eigenvalue weighted by Gasteiger charge is 2.26. The second kappa shape index (κ2) is 7.67. The van der Waals surface area contributed by atoms with Gasteiger partial charge in [-0.25, -0.2) is 4.98 Å². The summed E-state index contributed by atoms with van der Waals surface area (Å²) in [6, 6.07) is 13.3. The monoisotopic (exact) mass is 355 g/mol. The average molecular weight is 356 g/mol. The molecule has 4 rings (SSSR count). The molecule has 0 saturated carbocycles. The third-order valence-electron chi connectivity index (χ3n) is 5.19. The number of rotatable bonds is 5. The molecule has 0 amide bonds. The van der Waals surface area contributed by atoms with E-state index in [4.69, 9.17) is 4.74 Å². The predicted octanol–water partition coefficient (Wildman–Crippen LogP) is 3.54. The van der Waals surface area contributed by atoms with Crippen molar-refractivity contribution in [2.75, 3.05) is 37.4 Å². The number of nitrogens with one attached hydrogen (secondary N) is 1. The van der Waals surface area contributed by atoms with Crippen LogP contribution in [0.1, 0.15) is 24.3 Å². The largest absolute Gasteiger partial charge is 0.493 e. The molecule has 4 nitrogen and oxygen atoms in total. The minimum atomic E-state index is 0.512. The maximum atomic E-state index is 5.49. The summed E-state index contributed by atoms with van der Waals surface area (Å²) in [5.41, 5.74) is 1.55. The van der Waals surface area contributed by atoms with Gasteiger partial charge in [-0.15, -0.1) is 11.8 Å². The molecular weight excluding hydrogens is 330 g/mol. The van der Waals surface area contributed by atoms with Crippen molar-refractivity contribution < 1.29 is 4.74 Å².